The van der Waals surface area contributed by atoms with Crippen LogP contribution in [0.4, 0.5) is 14.5 Å². The van der Waals surface area contributed by atoms with Gasteiger partial charge in [-0.1, -0.05) is 32.9 Å². The highest BCUT2D eigenvalue weighted by Crippen LogP contribution is 2.40. The van der Waals surface area contributed by atoms with Gasteiger partial charge in [0.05, 0.1) is 35.6 Å². The van der Waals surface area contributed by atoms with Crippen molar-refractivity contribution in [2.75, 3.05) is 18.8 Å². The van der Waals surface area contributed by atoms with Crippen molar-refractivity contribution in [1.82, 2.24) is 19.9 Å². The number of benzene rings is 2. The van der Waals surface area contributed by atoms with Crippen molar-refractivity contribution in [3.8, 4) is 11.3 Å². The van der Waals surface area contributed by atoms with E-state index in [4.69, 9.17) is 10.2 Å². The molecule has 5 rings (SSSR count). The summed E-state index contributed by atoms with van der Waals surface area (Å²) in [6.07, 6.45) is 5.43. The second kappa shape index (κ2) is 11.2. The molecule has 1 fully saturated rings. The summed E-state index contributed by atoms with van der Waals surface area (Å²) in [5.41, 5.74) is 10.1. The molecular formula is C31H36BrF2N5O2. The molecule has 0 aliphatic carbocycles. The smallest absolute Gasteiger partial charge is 0.227 e. The predicted molar refractivity (Wildman–Crippen MR) is 159 cm³/mol. The van der Waals surface area contributed by atoms with E-state index in [1.165, 1.54) is 11.1 Å². The summed E-state index contributed by atoms with van der Waals surface area (Å²) in [7, 11) is 0. The normalized spacial score (nSPS) is 17.8. The number of hydrogen-bond donors (Lipinski definition) is 1. The second-order valence-corrected chi connectivity index (χ2v) is 12.8. The molecule has 1 unspecified atom stereocenters. The van der Waals surface area contributed by atoms with Crippen molar-refractivity contribution in [2.24, 2.45) is 11.3 Å². The van der Waals surface area contributed by atoms with Crippen LogP contribution in [0.3, 0.4) is 0 Å². The lowest BCUT2D eigenvalue weighted by atomic mass is 9.71. The van der Waals surface area contributed by atoms with Crippen LogP contribution in [0.1, 0.15) is 63.1 Å². The Balaban J connectivity index is 1.36. The molecule has 2 N–H and O–H groups in total. The lowest BCUT2D eigenvalue weighted by Gasteiger charge is -2.45. The number of carbonyl (C=O) groups excluding carboxylic acids is 1. The quantitative estimate of drug-likeness (QED) is 0.172. The first-order valence-electron chi connectivity index (χ1n) is 14.0. The molecule has 10 heteroatoms. The zero-order valence-electron chi connectivity index (χ0n) is 24.1. The fourth-order valence-corrected chi connectivity index (χ4v) is 6.41. The zero-order valence-corrected chi connectivity index (χ0v) is 25.7. The summed E-state index contributed by atoms with van der Waals surface area (Å²) in [4.78, 5) is 15.6. The molecule has 1 atom stereocenters. The minimum atomic E-state index is -0.865. The number of aryl methyl sites for hydroxylation is 1. The lowest BCUT2D eigenvalue weighted by molar-refractivity contribution is -0.135. The van der Waals surface area contributed by atoms with E-state index in [2.05, 4.69) is 73.0 Å². The van der Waals surface area contributed by atoms with Crippen molar-refractivity contribution < 1.29 is 18.0 Å². The Bertz CT molecular complexity index is 1610. The highest BCUT2D eigenvalue weighted by molar-refractivity contribution is 9.10. The fourth-order valence-electron chi connectivity index (χ4n) is 6.08. The largest absolute Gasteiger partial charge is 0.464 e. The van der Waals surface area contributed by atoms with Crippen molar-refractivity contribution in [3.05, 3.63) is 63.5 Å². The summed E-state index contributed by atoms with van der Waals surface area (Å²) >= 11 is 2.88. The van der Waals surface area contributed by atoms with Crippen LogP contribution in [0, 0.1) is 29.9 Å². The van der Waals surface area contributed by atoms with Gasteiger partial charge in [-0.2, -0.15) is 0 Å². The van der Waals surface area contributed by atoms with E-state index in [0.29, 0.717) is 31.2 Å². The van der Waals surface area contributed by atoms with E-state index < -0.39 is 11.6 Å². The first-order valence-corrected chi connectivity index (χ1v) is 14.8. The number of nitrogen functional groups attached to an aromatic ring is 1. The average molecular weight is 629 g/mol. The molecule has 4 aromatic rings. The molecular weight excluding hydrogens is 592 g/mol. The number of nitrogens with two attached hydrogens (primary N) is 1. The molecule has 0 radical (unpaired) electrons. The topological polar surface area (TPSA) is 90.2 Å². The average Bonchev–Trinajstić information content (AvgIpc) is 3.55. The van der Waals surface area contributed by atoms with Crippen LogP contribution in [0.25, 0.3) is 22.2 Å². The molecule has 0 bridgehead atoms. The number of anilines is 1. The van der Waals surface area contributed by atoms with E-state index in [9.17, 15) is 13.6 Å². The van der Waals surface area contributed by atoms with Gasteiger partial charge in [0.15, 0.2) is 5.82 Å². The van der Waals surface area contributed by atoms with E-state index in [-0.39, 0.29) is 39.4 Å². The standard InChI is InChI=1S/C31H36BrF2N5O2/c1-17(2)21-11-22-20(14-41-26(22)9-19(21)5)10-27(40)38-8-6-7-31(15-38,18(3)4)16-39-13-25(36-37-39)23-12-24(33)28(32)29(34)30(23)35/h9,11-14,17-18H,6-8,10,15-16,35H2,1-5H3. The Morgan fingerprint density at radius 1 is 1.22 bits per heavy atom. The number of hydrogen-bond acceptors (Lipinski definition) is 5. The van der Waals surface area contributed by atoms with Crippen LogP contribution in [-0.2, 0) is 17.8 Å². The third kappa shape index (κ3) is 5.50. The number of nitrogens with zero attached hydrogens (tertiary/aromatic N) is 4. The maximum absolute atomic E-state index is 14.4. The zero-order chi connectivity index (χ0) is 29.6. The van der Waals surface area contributed by atoms with Crippen LogP contribution in [0.2, 0.25) is 0 Å². The van der Waals surface area contributed by atoms with E-state index in [0.717, 1.165) is 35.4 Å². The van der Waals surface area contributed by atoms with E-state index >= 15 is 0 Å². The van der Waals surface area contributed by atoms with Crippen molar-refractivity contribution in [3.63, 3.8) is 0 Å². The number of aromatic nitrogens is 3. The van der Waals surface area contributed by atoms with Crippen molar-refractivity contribution in [2.45, 2.75) is 66.3 Å². The molecule has 1 saturated heterocycles. The van der Waals surface area contributed by atoms with Gasteiger partial charge in [-0.05, 0) is 76.9 Å². The van der Waals surface area contributed by atoms with Gasteiger partial charge < -0.3 is 15.1 Å². The highest BCUT2D eigenvalue weighted by Gasteiger charge is 2.40. The van der Waals surface area contributed by atoms with Crippen LogP contribution in [-0.4, -0.2) is 38.9 Å². The highest BCUT2D eigenvalue weighted by atomic mass is 79.9. The van der Waals surface area contributed by atoms with Crippen LogP contribution in [0.5, 0.6) is 0 Å². The number of amides is 1. The van der Waals surface area contributed by atoms with Gasteiger partial charge in [0.2, 0.25) is 5.91 Å². The van der Waals surface area contributed by atoms with E-state index in [1.54, 1.807) is 17.1 Å². The summed E-state index contributed by atoms with van der Waals surface area (Å²) in [5, 5.41) is 9.43. The van der Waals surface area contributed by atoms with Gasteiger partial charge in [-0.25, -0.2) is 8.78 Å². The number of rotatable bonds is 7. The van der Waals surface area contributed by atoms with Crippen molar-refractivity contribution in [1.29, 1.82) is 0 Å². The predicted octanol–water partition coefficient (Wildman–Crippen LogP) is 7.25. The molecule has 7 nitrogen and oxygen atoms in total. The Morgan fingerprint density at radius 2 is 1.98 bits per heavy atom. The Hall–Kier alpha value is -3.27. The minimum Gasteiger partial charge on any atom is -0.464 e. The molecule has 2 aromatic carbocycles. The molecule has 1 aliphatic heterocycles. The maximum Gasteiger partial charge on any atom is 0.227 e. The van der Waals surface area contributed by atoms with Crippen LogP contribution < -0.4 is 5.73 Å². The van der Waals surface area contributed by atoms with Crippen molar-refractivity contribution >= 4 is 38.5 Å². The number of likely N-dealkylation sites (tertiary alicyclic amines) is 1. The first-order chi connectivity index (χ1) is 19.4. The molecule has 1 aliphatic rings. The van der Waals surface area contributed by atoms with Gasteiger partial charge >= 0.3 is 0 Å². The molecule has 41 heavy (non-hydrogen) atoms. The monoisotopic (exact) mass is 627 g/mol. The summed E-state index contributed by atoms with van der Waals surface area (Å²) in [5.74, 6) is -0.943. The lowest BCUT2D eigenvalue weighted by Crippen LogP contribution is -2.50. The Morgan fingerprint density at radius 3 is 2.68 bits per heavy atom. The number of piperidine rings is 1. The fraction of sp³-hybridized carbons (Fsp3) is 0.452. The SMILES string of the molecule is Cc1cc2occ(CC(=O)N3CCCC(Cn4cc(-c5cc(F)c(Br)c(F)c5N)nn4)(C(C)C)C3)c2cc1C(C)C. The van der Waals surface area contributed by atoms with Gasteiger partial charge in [-0.15, -0.1) is 5.10 Å². The molecule has 218 valence electrons. The summed E-state index contributed by atoms with van der Waals surface area (Å²) in [6, 6.07) is 5.37. The summed E-state index contributed by atoms with van der Waals surface area (Å²) in [6.45, 7) is 12.5. The summed E-state index contributed by atoms with van der Waals surface area (Å²) < 4.78 is 35.8. The molecule has 0 saturated carbocycles. The Kier molecular flexibility index (Phi) is 7.98. The number of fused-ring (bicyclic) bond motifs is 1. The first kappa shape index (κ1) is 29.2. The molecule has 3 heterocycles. The number of carbonyl (C=O) groups is 1. The molecule has 2 aromatic heterocycles. The number of furan rings is 1. The Labute approximate surface area is 247 Å². The minimum absolute atomic E-state index is 0.0666. The third-order valence-corrected chi connectivity index (χ3v) is 9.41. The maximum atomic E-state index is 14.4. The van der Waals surface area contributed by atoms with Gasteiger partial charge in [0.1, 0.15) is 17.1 Å². The van der Waals surface area contributed by atoms with Gasteiger partial charge in [0.25, 0.3) is 0 Å². The van der Waals surface area contributed by atoms with E-state index in [1.807, 2.05) is 4.90 Å². The second-order valence-electron chi connectivity index (χ2n) is 12.0. The molecule has 1 amide bonds. The number of halogens is 3. The third-order valence-electron chi connectivity index (χ3n) is 8.68. The van der Waals surface area contributed by atoms with Crippen LogP contribution >= 0.6 is 15.9 Å². The molecule has 0 spiro atoms. The van der Waals surface area contributed by atoms with Gasteiger partial charge in [-0.3, -0.25) is 9.48 Å². The van der Waals surface area contributed by atoms with Gasteiger partial charge in [0, 0.05) is 35.0 Å². The van der Waals surface area contributed by atoms with Crippen LogP contribution in [0.15, 0.2) is 39.5 Å².